The Morgan fingerprint density at radius 2 is 1.96 bits per heavy atom. The smallest absolute Gasteiger partial charge is 0.276 e. The molecule has 2 saturated heterocycles. The van der Waals surface area contributed by atoms with Crippen LogP contribution in [-0.4, -0.2) is 51.0 Å². The van der Waals surface area contributed by atoms with Gasteiger partial charge in [0.1, 0.15) is 0 Å². The fourth-order valence-electron chi connectivity index (χ4n) is 3.53. The molecule has 2 aliphatic heterocycles. The number of hydrogen-bond donors (Lipinski definition) is 1. The number of amides is 1. The number of benzene rings is 1. The highest BCUT2D eigenvalue weighted by atomic mass is 35.5. The van der Waals surface area contributed by atoms with Crippen molar-refractivity contribution in [3.05, 3.63) is 47.8 Å². The Labute approximate surface area is 147 Å². The maximum absolute atomic E-state index is 12.7. The van der Waals surface area contributed by atoms with Crippen molar-refractivity contribution in [2.45, 2.75) is 37.9 Å². The maximum atomic E-state index is 12.7. The highest BCUT2D eigenvalue weighted by Crippen LogP contribution is 2.21. The van der Waals surface area contributed by atoms with Gasteiger partial charge in [0, 0.05) is 25.2 Å². The Balaban J connectivity index is 0.00000169. The monoisotopic (exact) mass is 347 g/mol. The Hall–Kier alpha value is -1.92. The van der Waals surface area contributed by atoms with Gasteiger partial charge in [-0.25, -0.2) is 4.68 Å². The molecule has 24 heavy (non-hydrogen) atoms. The van der Waals surface area contributed by atoms with E-state index in [1.807, 2.05) is 35.2 Å². The van der Waals surface area contributed by atoms with Gasteiger partial charge in [0.05, 0.1) is 12.7 Å². The van der Waals surface area contributed by atoms with Crippen LogP contribution in [0.1, 0.15) is 35.3 Å². The first-order chi connectivity index (χ1) is 11.3. The third-order valence-electron chi connectivity index (χ3n) is 4.76. The predicted molar refractivity (Wildman–Crippen MR) is 93.3 cm³/mol. The van der Waals surface area contributed by atoms with E-state index in [0.29, 0.717) is 24.3 Å². The van der Waals surface area contributed by atoms with E-state index in [1.54, 1.807) is 10.9 Å². The van der Waals surface area contributed by atoms with Crippen molar-refractivity contribution < 1.29 is 4.79 Å². The van der Waals surface area contributed by atoms with E-state index in [9.17, 15) is 4.79 Å². The molecule has 0 spiro atoms. The first-order valence-corrected chi connectivity index (χ1v) is 8.27. The van der Waals surface area contributed by atoms with Crippen LogP contribution < -0.4 is 5.32 Å². The molecule has 6 nitrogen and oxygen atoms in total. The molecule has 2 atom stereocenters. The second-order valence-electron chi connectivity index (χ2n) is 6.46. The van der Waals surface area contributed by atoms with Gasteiger partial charge >= 0.3 is 0 Å². The molecule has 7 heteroatoms. The summed E-state index contributed by atoms with van der Waals surface area (Å²) in [6, 6.07) is 11.1. The predicted octanol–water partition coefficient (Wildman–Crippen LogP) is 1.71. The van der Waals surface area contributed by atoms with Crippen LogP contribution in [0.2, 0.25) is 0 Å². The number of carbonyl (C=O) groups is 1. The van der Waals surface area contributed by atoms with Crippen molar-refractivity contribution in [3.8, 4) is 0 Å². The van der Waals surface area contributed by atoms with Crippen LogP contribution in [0.4, 0.5) is 0 Å². The molecule has 128 valence electrons. The minimum Gasteiger partial charge on any atom is -0.336 e. The van der Waals surface area contributed by atoms with Gasteiger partial charge < -0.3 is 10.2 Å². The third-order valence-corrected chi connectivity index (χ3v) is 4.76. The van der Waals surface area contributed by atoms with E-state index >= 15 is 0 Å². The van der Waals surface area contributed by atoms with Gasteiger partial charge in [-0.05, 0) is 24.8 Å². The highest BCUT2D eigenvalue weighted by molar-refractivity contribution is 5.92. The zero-order valence-electron chi connectivity index (χ0n) is 13.5. The number of hydrogen-bond acceptors (Lipinski definition) is 4. The molecule has 0 saturated carbocycles. The van der Waals surface area contributed by atoms with Gasteiger partial charge in [-0.15, -0.1) is 17.5 Å². The summed E-state index contributed by atoms with van der Waals surface area (Å²) in [4.78, 5) is 14.6. The summed E-state index contributed by atoms with van der Waals surface area (Å²) < 4.78 is 1.73. The second-order valence-corrected chi connectivity index (χ2v) is 6.46. The number of nitrogens with zero attached hydrogens (tertiary/aromatic N) is 4. The molecule has 2 aliphatic rings. The second kappa shape index (κ2) is 7.32. The van der Waals surface area contributed by atoms with Crippen molar-refractivity contribution >= 4 is 18.3 Å². The fourth-order valence-corrected chi connectivity index (χ4v) is 3.53. The van der Waals surface area contributed by atoms with Crippen LogP contribution in [0.3, 0.4) is 0 Å². The van der Waals surface area contributed by atoms with Gasteiger partial charge in [-0.3, -0.25) is 4.79 Å². The van der Waals surface area contributed by atoms with Gasteiger partial charge in [0.25, 0.3) is 5.91 Å². The van der Waals surface area contributed by atoms with Crippen molar-refractivity contribution in [2.24, 2.45) is 0 Å². The first-order valence-electron chi connectivity index (χ1n) is 8.27. The quantitative estimate of drug-likeness (QED) is 0.918. The number of nitrogens with one attached hydrogen (secondary N) is 1. The standard InChI is InChI=1S/C17H21N5O.ClH/c23-17(21-9-8-14-6-7-15(11-21)18-14)16-12-22(20-19-16)10-13-4-2-1-3-5-13;/h1-5,12,14-15,18H,6-11H2;1H. The van der Waals surface area contributed by atoms with Crippen LogP contribution in [0, 0.1) is 0 Å². The van der Waals surface area contributed by atoms with E-state index in [0.717, 1.165) is 31.5 Å². The average molecular weight is 348 g/mol. The van der Waals surface area contributed by atoms with Gasteiger partial charge in [-0.1, -0.05) is 35.5 Å². The highest BCUT2D eigenvalue weighted by Gasteiger charge is 2.32. The van der Waals surface area contributed by atoms with E-state index in [2.05, 4.69) is 15.6 Å². The van der Waals surface area contributed by atoms with Crippen LogP contribution in [0.15, 0.2) is 36.5 Å². The third kappa shape index (κ3) is 3.60. The number of halogens is 1. The summed E-state index contributed by atoms with van der Waals surface area (Å²) in [6.07, 6.45) is 5.18. The SMILES string of the molecule is Cl.O=C(c1cn(Cc2ccccc2)nn1)N1CCC2CCC(C1)N2. The molecule has 0 aliphatic carbocycles. The Morgan fingerprint density at radius 1 is 1.17 bits per heavy atom. The molecule has 2 unspecified atom stereocenters. The lowest BCUT2D eigenvalue weighted by atomic mass is 10.1. The maximum Gasteiger partial charge on any atom is 0.276 e. The molecule has 0 radical (unpaired) electrons. The van der Waals surface area contributed by atoms with Gasteiger partial charge in [0.15, 0.2) is 5.69 Å². The molecule has 2 fully saturated rings. The molecule has 1 aromatic carbocycles. The van der Waals surface area contributed by atoms with Crippen molar-refractivity contribution in [1.82, 2.24) is 25.2 Å². The summed E-state index contributed by atoms with van der Waals surface area (Å²) in [6.45, 7) is 2.22. The van der Waals surface area contributed by atoms with Crippen LogP contribution in [0.25, 0.3) is 0 Å². The minimum atomic E-state index is -0.00124. The van der Waals surface area contributed by atoms with Crippen molar-refractivity contribution in [1.29, 1.82) is 0 Å². The van der Waals surface area contributed by atoms with E-state index in [-0.39, 0.29) is 18.3 Å². The van der Waals surface area contributed by atoms with Crippen LogP contribution >= 0.6 is 12.4 Å². The Kier molecular flexibility index (Phi) is 5.16. The van der Waals surface area contributed by atoms with Crippen LogP contribution in [0.5, 0.6) is 0 Å². The van der Waals surface area contributed by atoms with E-state index < -0.39 is 0 Å². The number of fused-ring (bicyclic) bond motifs is 2. The molecular formula is C17H22ClN5O. The van der Waals surface area contributed by atoms with Crippen molar-refractivity contribution in [2.75, 3.05) is 13.1 Å². The van der Waals surface area contributed by atoms with E-state index in [4.69, 9.17) is 0 Å². The lowest BCUT2D eigenvalue weighted by molar-refractivity contribution is 0.0742. The largest absolute Gasteiger partial charge is 0.336 e. The number of carbonyl (C=O) groups excluding carboxylic acids is 1. The zero-order chi connectivity index (χ0) is 15.6. The number of likely N-dealkylation sites (tertiary alicyclic amines) is 1. The lowest BCUT2D eigenvalue weighted by Crippen LogP contribution is -2.39. The first kappa shape index (κ1) is 16.9. The molecular weight excluding hydrogens is 326 g/mol. The normalized spacial score (nSPS) is 22.8. The minimum absolute atomic E-state index is 0. The molecule has 1 amide bonds. The molecule has 2 aromatic rings. The van der Waals surface area contributed by atoms with Gasteiger partial charge in [-0.2, -0.15) is 0 Å². The summed E-state index contributed by atoms with van der Waals surface area (Å²) in [5, 5.41) is 11.8. The topological polar surface area (TPSA) is 63.1 Å². The number of rotatable bonds is 3. The lowest BCUT2D eigenvalue weighted by Gasteiger charge is -2.23. The van der Waals surface area contributed by atoms with Crippen molar-refractivity contribution in [3.63, 3.8) is 0 Å². The molecule has 3 heterocycles. The van der Waals surface area contributed by atoms with Crippen LogP contribution in [-0.2, 0) is 6.54 Å². The Morgan fingerprint density at radius 3 is 2.79 bits per heavy atom. The zero-order valence-corrected chi connectivity index (χ0v) is 14.3. The number of aromatic nitrogens is 3. The van der Waals surface area contributed by atoms with Gasteiger partial charge in [0.2, 0.25) is 0 Å². The average Bonchev–Trinajstić information content (AvgIpc) is 3.14. The summed E-state index contributed by atoms with van der Waals surface area (Å²) >= 11 is 0. The molecule has 4 rings (SSSR count). The summed E-state index contributed by atoms with van der Waals surface area (Å²) in [5.74, 6) is -0.00124. The molecule has 1 N–H and O–H groups in total. The molecule has 2 bridgehead atoms. The molecule has 1 aromatic heterocycles. The summed E-state index contributed by atoms with van der Waals surface area (Å²) in [5.41, 5.74) is 1.59. The summed E-state index contributed by atoms with van der Waals surface area (Å²) in [7, 11) is 0. The van der Waals surface area contributed by atoms with E-state index in [1.165, 1.54) is 6.42 Å². The fraction of sp³-hybridized carbons (Fsp3) is 0.471. The Bertz CT molecular complexity index is 689.